The minimum atomic E-state index is -1.15. The van der Waals surface area contributed by atoms with Gasteiger partial charge in [-0.25, -0.2) is 0 Å². The number of imide groups is 1. The van der Waals surface area contributed by atoms with Crippen molar-refractivity contribution in [1.82, 2.24) is 4.90 Å². The van der Waals surface area contributed by atoms with Crippen molar-refractivity contribution in [2.45, 2.75) is 73.9 Å². The van der Waals surface area contributed by atoms with Crippen molar-refractivity contribution in [3.8, 4) is 11.5 Å². The molecule has 2 amide bonds. The van der Waals surface area contributed by atoms with E-state index in [1.807, 2.05) is 6.07 Å². The number of phenolic OH excluding ortho intramolecular Hbond substituents is 1. The molecule has 0 radical (unpaired) electrons. The number of aromatic hydroxyl groups is 1. The number of amides is 2. The normalized spacial score (nSPS) is 42.5. The molecule has 7 nitrogen and oxygen atoms in total. The lowest BCUT2D eigenvalue weighted by Crippen LogP contribution is -2.77. The summed E-state index contributed by atoms with van der Waals surface area (Å²) in [5.74, 6) is 0.975. The second kappa shape index (κ2) is 6.14. The van der Waals surface area contributed by atoms with E-state index < -0.39 is 35.4 Å². The SMILES string of the molecule is O=C1c2ccccc2C(=O)N1[C@H]1C2Oc3c(O)ccc4c3[C@@]23CCC(CC2CC2)[C@H](C4)[C@]3(O)C2O[C@@H]21. The van der Waals surface area contributed by atoms with Crippen LogP contribution in [0.25, 0.3) is 0 Å². The Hall–Kier alpha value is -2.90. The monoisotopic (exact) mass is 485 g/mol. The number of nitrogens with zero attached hydrogens (tertiary/aromatic N) is 1. The van der Waals surface area contributed by atoms with Gasteiger partial charge < -0.3 is 19.7 Å². The van der Waals surface area contributed by atoms with Crippen LogP contribution in [0.4, 0.5) is 0 Å². The molecule has 3 saturated carbocycles. The number of hydrogen-bond acceptors (Lipinski definition) is 6. The van der Waals surface area contributed by atoms with Gasteiger partial charge in [0.1, 0.15) is 30.0 Å². The highest BCUT2D eigenvalue weighted by atomic mass is 16.6. The third-order valence-electron chi connectivity index (χ3n) is 10.7. The molecule has 1 spiro atoms. The number of epoxide rings is 1. The lowest BCUT2D eigenvalue weighted by molar-refractivity contribution is -0.190. The van der Waals surface area contributed by atoms with E-state index in [0.717, 1.165) is 36.3 Å². The molecule has 1 saturated heterocycles. The van der Waals surface area contributed by atoms with Crippen molar-refractivity contribution < 1.29 is 29.3 Å². The van der Waals surface area contributed by atoms with Crippen molar-refractivity contribution in [1.29, 1.82) is 0 Å². The molecule has 3 unspecified atom stereocenters. The predicted molar refractivity (Wildman–Crippen MR) is 126 cm³/mol. The van der Waals surface area contributed by atoms with Crippen LogP contribution < -0.4 is 4.74 Å². The number of carbonyl (C=O) groups excluding carboxylic acids is 2. The van der Waals surface area contributed by atoms with Crippen molar-refractivity contribution in [3.63, 3.8) is 0 Å². The predicted octanol–water partition coefficient (Wildman–Crippen LogP) is 2.95. The van der Waals surface area contributed by atoms with Gasteiger partial charge in [-0.15, -0.1) is 0 Å². The average molecular weight is 486 g/mol. The van der Waals surface area contributed by atoms with Gasteiger partial charge in [-0.1, -0.05) is 31.0 Å². The van der Waals surface area contributed by atoms with Crippen molar-refractivity contribution >= 4 is 11.8 Å². The first kappa shape index (κ1) is 20.2. The second-order valence-electron chi connectivity index (χ2n) is 12.1. The highest BCUT2D eigenvalue weighted by Crippen LogP contribution is 2.72. The summed E-state index contributed by atoms with van der Waals surface area (Å²) in [6, 6.07) is 9.90. The Morgan fingerprint density at radius 1 is 1.00 bits per heavy atom. The molecule has 36 heavy (non-hydrogen) atoms. The van der Waals surface area contributed by atoms with Crippen LogP contribution in [0.2, 0.25) is 0 Å². The minimum absolute atomic E-state index is 0.0269. The fourth-order valence-electron chi connectivity index (χ4n) is 9.08. The van der Waals surface area contributed by atoms with Gasteiger partial charge in [0.2, 0.25) is 0 Å². The van der Waals surface area contributed by atoms with E-state index in [9.17, 15) is 19.8 Å². The van der Waals surface area contributed by atoms with Gasteiger partial charge in [0, 0.05) is 5.56 Å². The summed E-state index contributed by atoms with van der Waals surface area (Å²) in [5.41, 5.74) is 0.809. The van der Waals surface area contributed by atoms with Gasteiger partial charge in [0.05, 0.1) is 16.5 Å². The third-order valence-corrected chi connectivity index (χ3v) is 10.7. The zero-order valence-electron chi connectivity index (χ0n) is 19.7. The van der Waals surface area contributed by atoms with E-state index in [1.54, 1.807) is 30.3 Å². The fourth-order valence-corrected chi connectivity index (χ4v) is 9.08. The molecule has 7 aliphatic rings. The lowest BCUT2D eigenvalue weighted by Gasteiger charge is -2.62. The van der Waals surface area contributed by atoms with Gasteiger partial charge in [0.15, 0.2) is 11.5 Å². The topological polar surface area (TPSA) is 99.6 Å². The Morgan fingerprint density at radius 3 is 2.47 bits per heavy atom. The number of benzene rings is 2. The minimum Gasteiger partial charge on any atom is -0.504 e. The van der Waals surface area contributed by atoms with E-state index in [0.29, 0.717) is 29.2 Å². The summed E-state index contributed by atoms with van der Waals surface area (Å²) in [6.07, 6.45) is 4.47. The zero-order valence-corrected chi connectivity index (χ0v) is 19.7. The van der Waals surface area contributed by atoms with Crippen molar-refractivity contribution in [2.24, 2.45) is 17.8 Å². The first-order valence-corrected chi connectivity index (χ1v) is 13.3. The van der Waals surface area contributed by atoms with E-state index in [2.05, 4.69) is 0 Å². The molecule has 2 N–H and O–H groups in total. The molecule has 184 valence electrons. The summed E-state index contributed by atoms with van der Waals surface area (Å²) in [6.45, 7) is 0. The first-order chi connectivity index (χ1) is 17.4. The maximum atomic E-state index is 13.6. The summed E-state index contributed by atoms with van der Waals surface area (Å²) >= 11 is 0. The van der Waals surface area contributed by atoms with Crippen LogP contribution in [0, 0.1) is 17.8 Å². The van der Waals surface area contributed by atoms with Gasteiger partial charge in [-0.2, -0.15) is 0 Å². The number of rotatable bonds is 3. The fraction of sp³-hybridized carbons (Fsp3) is 0.517. The second-order valence-corrected chi connectivity index (χ2v) is 12.1. The first-order valence-electron chi connectivity index (χ1n) is 13.3. The Bertz CT molecular complexity index is 1370. The molecule has 3 aliphatic heterocycles. The summed E-state index contributed by atoms with van der Waals surface area (Å²) < 4.78 is 12.9. The number of hydrogen-bond donors (Lipinski definition) is 2. The molecular formula is C29H27NO6. The maximum absolute atomic E-state index is 13.6. The highest BCUT2D eigenvalue weighted by molar-refractivity contribution is 6.21. The van der Waals surface area contributed by atoms with E-state index in [-0.39, 0.29) is 23.5 Å². The summed E-state index contributed by atoms with van der Waals surface area (Å²) in [5, 5.41) is 23.7. The highest BCUT2D eigenvalue weighted by Gasteiger charge is 2.83. The average Bonchev–Trinajstić information content (AvgIpc) is 3.79. The van der Waals surface area contributed by atoms with Crippen LogP contribution in [0.1, 0.15) is 63.9 Å². The molecule has 0 aromatic heterocycles. The number of carbonyl (C=O) groups is 2. The number of phenols is 1. The molecule has 4 fully saturated rings. The largest absolute Gasteiger partial charge is 0.504 e. The van der Waals surface area contributed by atoms with Crippen LogP contribution in [0.5, 0.6) is 11.5 Å². The molecule has 2 aromatic carbocycles. The molecule has 9 rings (SSSR count). The molecule has 7 heteroatoms. The van der Waals surface area contributed by atoms with Crippen LogP contribution >= 0.6 is 0 Å². The van der Waals surface area contributed by atoms with Gasteiger partial charge in [-0.05, 0) is 67.2 Å². The van der Waals surface area contributed by atoms with E-state index >= 15 is 0 Å². The standard InChI is InChI=1S/C29H27NO6/c31-19-8-7-15-12-18-14(11-13-5-6-13)9-10-28-20(15)22(19)35-24(28)21(23-25(36-23)29(18,28)34)30-26(32)16-3-1-2-4-17(16)27(30)33/h1-4,7-8,13-14,18,21,23-25,31,34H,5-6,9-12H2/t14?,18-,21+,23+,24?,25?,28-,29-/m0/s1. The van der Waals surface area contributed by atoms with Crippen molar-refractivity contribution in [2.75, 3.05) is 0 Å². The molecule has 2 bridgehead atoms. The van der Waals surface area contributed by atoms with Crippen LogP contribution in [0.3, 0.4) is 0 Å². The number of aliphatic hydroxyl groups is 1. The van der Waals surface area contributed by atoms with Crippen LogP contribution in [-0.4, -0.2) is 56.9 Å². The number of fused-ring (bicyclic) bond motifs is 2. The molecule has 4 aliphatic carbocycles. The lowest BCUT2D eigenvalue weighted by atomic mass is 9.43. The molecular weight excluding hydrogens is 458 g/mol. The Kier molecular flexibility index (Phi) is 3.44. The molecule has 3 heterocycles. The smallest absolute Gasteiger partial charge is 0.262 e. The molecule has 2 aromatic rings. The number of ether oxygens (including phenoxy) is 2. The summed E-state index contributed by atoms with van der Waals surface area (Å²) in [4.78, 5) is 28.5. The Labute approximate surface area is 208 Å². The van der Waals surface area contributed by atoms with Crippen LogP contribution in [-0.2, 0) is 16.6 Å². The van der Waals surface area contributed by atoms with Gasteiger partial charge >= 0.3 is 0 Å². The Balaban J connectivity index is 1.24. The zero-order chi connectivity index (χ0) is 24.1. The Morgan fingerprint density at radius 2 is 1.75 bits per heavy atom. The quantitative estimate of drug-likeness (QED) is 0.512. The molecule has 8 atom stereocenters. The third kappa shape index (κ3) is 2.05. The van der Waals surface area contributed by atoms with Crippen molar-refractivity contribution in [3.05, 3.63) is 58.7 Å². The van der Waals surface area contributed by atoms with E-state index in [1.165, 1.54) is 17.7 Å². The summed E-state index contributed by atoms with van der Waals surface area (Å²) in [7, 11) is 0. The van der Waals surface area contributed by atoms with Gasteiger partial charge in [0.25, 0.3) is 11.8 Å². The maximum Gasteiger partial charge on any atom is 0.262 e. The van der Waals surface area contributed by atoms with Gasteiger partial charge in [-0.3, -0.25) is 14.5 Å². The van der Waals surface area contributed by atoms with Crippen LogP contribution in [0.15, 0.2) is 36.4 Å². The van der Waals surface area contributed by atoms with E-state index in [4.69, 9.17) is 9.47 Å².